The van der Waals surface area contributed by atoms with E-state index in [0.717, 1.165) is 40.1 Å². The van der Waals surface area contributed by atoms with E-state index in [2.05, 4.69) is 27.8 Å². The van der Waals surface area contributed by atoms with Gasteiger partial charge in [0.2, 0.25) is 0 Å². The number of aromatic nitrogens is 1. The molecule has 1 atom stereocenters. The number of carbonyl (C=O) groups is 1. The predicted molar refractivity (Wildman–Crippen MR) is 113 cm³/mol. The SMILES string of the molecule is CNC[C@@H](Nc1c(C)cnc2c(C(N)=O)cccc12)c1ccc(OC)c(C)c1. The molecule has 3 aromatic rings. The molecule has 0 aliphatic carbocycles. The predicted octanol–water partition coefficient (Wildman–Crippen LogP) is 3.33. The summed E-state index contributed by atoms with van der Waals surface area (Å²) in [4.78, 5) is 16.2. The number of nitrogens with two attached hydrogens (primary N) is 1. The highest BCUT2D eigenvalue weighted by Gasteiger charge is 2.17. The number of fused-ring (bicyclic) bond motifs is 1. The molecule has 4 N–H and O–H groups in total. The number of pyridine rings is 1. The summed E-state index contributed by atoms with van der Waals surface area (Å²) in [6.45, 7) is 4.76. The number of aryl methyl sites for hydroxylation is 2. The van der Waals surface area contributed by atoms with Gasteiger partial charge in [0.1, 0.15) is 5.75 Å². The number of nitrogens with one attached hydrogen (secondary N) is 2. The van der Waals surface area contributed by atoms with Crippen LogP contribution < -0.4 is 21.1 Å². The van der Waals surface area contributed by atoms with Gasteiger partial charge in [-0.2, -0.15) is 0 Å². The smallest absolute Gasteiger partial charge is 0.250 e. The van der Waals surface area contributed by atoms with E-state index in [4.69, 9.17) is 10.5 Å². The van der Waals surface area contributed by atoms with Crippen molar-refractivity contribution in [1.82, 2.24) is 10.3 Å². The number of benzene rings is 2. The highest BCUT2D eigenvalue weighted by molar-refractivity contribution is 6.08. The number of hydrogen-bond donors (Lipinski definition) is 3. The van der Waals surface area contributed by atoms with Crippen LogP contribution in [0.2, 0.25) is 0 Å². The van der Waals surface area contributed by atoms with Gasteiger partial charge in [-0.1, -0.05) is 24.3 Å². The topological polar surface area (TPSA) is 89.3 Å². The standard InChI is InChI=1S/C22H26N4O2/c1-13-10-15(8-9-19(13)28-4)18(12-24-3)26-20-14(2)11-25-21-16(20)6-5-7-17(21)22(23)27/h5-11,18,24H,12H2,1-4H3,(H2,23,27)(H,25,26)/t18-/m1/s1. The Labute approximate surface area is 165 Å². The van der Waals surface area contributed by atoms with Gasteiger partial charge < -0.3 is 21.1 Å². The van der Waals surface area contributed by atoms with Crippen molar-refractivity contribution in [2.24, 2.45) is 5.73 Å². The van der Waals surface area contributed by atoms with Crippen LogP contribution >= 0.6 is 0 Å². The van der Waals surface area contributed by atoms with Crippen LogP contribution in [-0.4, -0.2) is 31.6 Å². The first-order chi connectivity index (χ1) is 13.5. The van der Waals surface area contributed by atoms with Gasteiger partial charge in [0.05, 0.1) is 24.2 Å². The van der Waals surface area contributed by atoms with E-state index in [1.54, 1.807) is 19.4 Å². The van der Waals surface area contributed by atoms with Gasteiger partial charge >= 0.3 is 0 Å². The molecule has 0 aliphatic rings. The van der Waals surface area contributed by atoms with Gasteiger partial charge in [0.25, 0.3) is 5.91 Å². The van der Waals surface area contributed by atoms with E-state index in [0.29, 0.717) is 11.1 Å². The minimum atomic E-state index is -0.481. The molecule has 6 nitrogen and oxygen atoms in total. The van der Waals surface area contributed by atoms with Crippen LogP contribution in [0.15, 0.2) is 42.6 Å². The number of hydrogen-bond acceptors (Lipinski definition) is 5. The molecule has 0 aliphatic heterocycles. The zero-order chi connectivity index (χ0) is 20.3. The maximum Gasteiger partial charge on any atom is 0.250 e. The Kier molecular flexibility index (Phi) is 5.80. The van der Waals surface area contributed by atoms with Crippen LogP contribution in [0.5, 0.6) is 5.75 Å². The zero-order valence-corrected chi connectivity index (χ0v) is 16.7. The van der Waals surface area contributed by atoms with Crippen molar-refractivity contribution in [2.45, 2.75) is 19.9 Å². The van der Waals surface area contributed by atoms with E-state index in [1.165, 1.54) is 0 Å². The van der Waals surface area contributed by atoms with Crippen LogP contribution in [0.1, 0.15) is 33.1 Å². The molecule has 0 unspecified atom stereocenters. The molecule has 0 bridgehead atoms. The zero-order valence-electron chi connectivity index (χ0n) is 16.7. The first-order valence-corrected chi connectivity index (χ1v) is 9.20. The van der Waals surface area contributed by atoms with Gasteiger partial charge in [0.15, 0.2) is 0 Å². The molecule has 0 spiro atoms. The summed E-state index contributed by atoms with van der Waals surface area (Å²) in [6, 6.07) is 11.7. The van der Waals surface area contributed by atoms with E-state index < -0.39 is 5.91 Å². The number of carbonyl (C=O) groups excluding carboxylic acids is 1. The summed E-state index contributed by atoms with van der Waals surface area (Å²) in [5, 5.41) is 7.77. The lowest BCUT2D eigenvalue weighted by Crippen LogP contribution is -2.24. The second kappa shape index (κ2) is 8.27. The molecule has 0 radical (unpaired) electrons. The number of ether oxygens (including phenoxy) is 1. The van der Waals surface area contributed by atoms with Crippen molar-refractivity contribution in [1.29, 1.82) is 0 Å². The minimum Gasteiger partial charge on any atom is -0.496 e. The third-order valence-corrected chi connectivity index (χ3v) is 4.90. The van der Waals surface area contributed by atoms with Gasteiger partial charge in [-0.05, 0) is 49.7 Å². The number of nitrogens with zero attached hydrogens (tertiary/aromatic N) is 1. The summed E-state index contributed by atoms with van der Waals surface area (Å²) in [7, 11) is 3.60. The fraction of sp³-hybridized carbons (Fsp3) is 0.273. The van der Waals surface area contributed by atoms with E-state index in [-0.39, 0.29) is 6.04 Å². The summed E-state index contributed by atoms with van der Waals surface area (Å²) >= 11 is 0. The molecular weight excluding hydrogens is 352 g/mol. The Morgan fingerprint density at radius 2 is 2.00 bits per heavy atom. The molecule has 0 saturated carbocycles. The number of para-hydroxylation sites is 1. The van der Waals surface area contributed by atoms with Crippen molar-refractivity contribution < 1.29 is 9.53 Å². The molecule has 1 heterocycles. The Balaban J connectivity index is 2.07. The second-order valence-electron chi connectivity index (χ2n) is 6.87. The molecule has 1 aromatic heterocycles. The summed E-state index contributed by atoms with van der Waals surface area (Å²) in [5.74, 6) is 0.383. The second-order valence-corrected chi connectivity index (χ2v) is 6.87. The Morgan fingerprint density at radius 1 is 1.21 bits per heavy atom. The average molecular weight is 378 g/mol. The maximum absolute atomic E-state index is 11.8. The number of anilines is 1. The van der Waals surface area contributed by atoms with Crippen molar-refractivity contribution in [3.63, 3.8) is 0 Å². The average Bonchev–Trinajstić information content (AvgIpc) is 2.68. The Bertz CT molecular complexity index is 1020. The number of primary amides is 1. The largest absolute Gasteiger partial charge is 0.496 e. The van der Waals surface area contributed by atoms with E-state index >= 15 is 0 Å². The van der Waals surface area contributed by atoms with Crippen LogP contribution in [0.25, 0.3) is 10.9 Å². The minimum absolute atomic E-state index is 0.0242. The normalized spacial score (nSPS) is 12.0. The van der Waals surface area contributed by atoms with Gasteiger partial charge in [-0.15, -0.1) is 0 Å². The quantitative estimate of drug-likeness (QED) is 0.587. The molecule has 146 valence electrons. The molecule has 0 fully saturated rings. The van der Waals surface area contributed by atoms with Crippen LogP contribution in [0.3, 0.4) is 0 Å². The highest BCUT2D eigenvalue weighted by Crippen LogP contribution is 2.31. The monoisotopic (exact) mass is 378 g/mol. The number of likely N-dealkylation sites (N-methyl/N-ethyl adjacent to an activating group) is 1. The van der Waals surface area contributed by atoms with E-state index in [1.807, 2.05) is 39.1 Å². The van der Waals surface area contributed by atoms with Crippen molar-refractivity contribution in [3.05, 3.63) is 64.8 Å². The fourth-order valence-electron chi connectivity index (χ4n) is 3.46. The molecular formula is C22H26N4O2. The summed E-state index contributed by atoms with van der Waals surface area (Å²) in [6.07, 6.45) is 1.77. The lowest BCUT2D eigenvalue weighted by molar-refractivity contribution is 0.100. The maximum atomic E-state index is 11.8. The first-order valence-electron chi connectivity index (χ1n) is 9.20. The Hall–Kier alpha value is -3.12. The molecule has 1 amide bonds. The van der Waals surface area contributed by atoms with Gasteiger partial charge in [0, 0.05) is 23.8 Å². The molecule has 28 heavy (non-hydrogen) atoms. The van der Waals surface area contributed by atoms with Crippen molar-refractivity contribution >= 4 is 22.5 Å². The van der Waals surface area contributed by atoms with Gasteiger partial charge in [-0.3, -0.25) is 9.78 Å². The fourth-order valence-corrected chi connectivity index (χ4v) is 3.46. The first kappa shape index (κ1) is 19.6. The van der Waals surface area contributed by atoms with Crippen molar-refractivity contribution in [3.8, 4) is 5.75 Å². The molecule has 0 saturated heterocycles. The third-order valence-electron chi connectivity index (χ3n) is 4.90. The lowest BCUT2D eigenvalue weighted by Gasteiger charge is -2.23. The van der Waals surface area contributed by atoms with Crippen molar-refractivity contribution in [2.75, 3.05) is 26.0 Å². The summed E-state index contributed by atoms with van der Waals surface area (Å²) < 4.78 is 5.38. The molecule has 2 aromatic carbocycles. The molecule has 6 heteroatoms. The molecule has 3 rings (SSSR count). The van der Waals surface area contributed by atoms with Crippen LogP contribution in [0.4, 0.5) is 5.69 Å². The Morgan fingerprint density at radius 3 is 2.64 bits per heavy atom. The van der Waals surface area contributed by atoms with Gasteiger partial charge in [-0.25, -0.2) is 0 Å². The van der Waals surface area contributed by atoms with Crippen LogP contribution in [-0.2, 0) is 0 Å². The van der Waals surface area contributed by atoms with Crippen LogP contribution in [0, 0.1) is 13.8 Å². The number of methoxy groups -OCH3 is 1. The number of rotatable bonds is 7. The third kappa shape index (κ3) is 3.77. The number of amides is 1. The van der Waals surface area contributed by atoms with E-state index in [9.17, 15) is 4.79 Å². The highest BCUT2D eigenvalue weighted by atomic mass is 16.5. The summed E-state index contributed by atoms with van der Waals surface area (Å²) in [5.41, 5.74) is 10.7. The lowest BCUT2D eigenvalue weighted by atomic mass is 10.0.